The third kappa shape index (κ3) is 1.85. The molecule has 78 valence electrons. The van der Waals surface area contributed by atoms with E-state index >= 15 is 0 Å². The van der Waals surface area contributed by atoms with Crippen LogP contribution in [-0.2, 0) is 0 Å². The first-order valence-electron chi connectivity index (χ1n) is 4.33. The number of hydrogen-bond acceptors (Lipinski definition) is 3. The number of furan rings is 1. The fourth-order valence-electron chi connectivity index (χ4n) is 1.20. The van der Waals surface area contributed by atoms with E-state index < -0.39 is 0 Å². The van der Waals surface area contributed by atoms with E-state index in [4.69, 9.17) is 27.6 Å². The molecule has 0 radical (unpaired) electrons. The molecule has 0 aromatic carbocycles. The van der Waals surface area contributed by atoms with Crippen LogP contribution in [0.3, 0.4) is 0 Å². The Kier molecular flexibility index (Phi) is 2.67. The van der Waals surface area contributed by atoms with Gasteiger partial charge in [-0.2, -0.15) is 0 Å². The van der Waals surface area contributed by atoms with Crippen molar-refractivity contribution >= 4 is 23.2 Å². The van der Waals surface area contributed by atoms with E-state index in [9.17, 15) is 0 Å². The first-order chi connectivity index (χ1) is 7.09. The first-order valence-corrected chi connectivity index (χ1v) is 5.09. The van der Waals surface area contributed by atoms with Crippen molar-refractivity contribution in [2.75, 3.05) is 0 Å². The van der Waals surface area contributed by atoms with Crippen molar-refractivity contribution in [2.45, 2.75) is 13.8 Å². The van der Waals surface area contributed by atoms with Crippen molar-refractivity contribution in [2.24, 2.45) is 0 Å². The highest BCUT2D eigenvalue weighted by Gasteiger charge is 2.12. The highest BCUT2D eigenvalue weighted by atomic mass is 35.5. The SMILES string of the molecule is Cc1occc1-c1nc(Cl)c(C)c(Cl)n1. The van der Waals surface area contributed by atoms with Gasteiger partial charge in [0.05, 0.1) is 11.8 Å². The van der Waals surface area contributed by atoms with E-state index in [1.165, 1.54) is 0 Å². The highest BCUT2D eigenvalue weighted by molar-refractivity contribution is 6.34. The summed E-state index contributed by atoms with van der Waals surface area (Å²) in [5.41, 5.74) is 1.49. The molecule has 2 aromatic heterocycles. The minimum Gasteiger partial charge on any atom is -0.469 e. The normalized spacial score (nSPS) is 10.7. The Morgan fingerprint density at radius 1 is 1.13 bits per heavy atom. The number of hydrogen-bond donors (Lipinski definition) is 0. The molecule has 0 aliphatic carbocycles. The number of rotatable bonds is 1. The predicted molar refractivity (Wildman–Crippen MR) is 59.2 cm³/mol. The van der Waals surface area contributed by atoms with E-state index in [2.05, 4.69) is 9.97 Å². The second-order valence-electron chi connectivity index (χ2n) is 3.14. The van der Waals surface area contributed by atoms with Crippen LogP contribution in [0.15, 0.2) is 16.7 Å². The zero-order valence-electron chi connectivity index (χ0n) is 8.21. The zero-order chi connectivity index (χ0) is 11.0. The molecule has 0 bridgehead atoms. The minimum atomic E-state index is 0.366. The molecule has 2 aromatic rings. The van der Waals surface area contributed by atoms with Crippen LogP contribution >= 0.6 is 23.2 Å². The van der Waals surface area contributed by atoms with Crippen LogP contribution in [0.2, 0.25) is 10.3 Å². The molecule has 0 N–H and O–H groups in total. The molecule has 0 aliphatic heterocycles. The summed E-state index contributed by atoms with van der Waals surface area (Å²) < 4.78 is 5.16. The van der Waals surface area contributed by atoms with Crippen molar-refractivity contribution < 1.29 is 4.42 Å². The maximum absolute atomic E-state index is 5.92. The Labute approximate surface area is 97.1 Å². The van der Waals surface area contributed by atoms with E-state index in [-0.39, 0.29) is 0 Å². The lowest BCUT2D eigenvalue weighted by molar-refractivity contribution is 0.535. The van der Waals surface area contributed by atoms with Crippen LogP contribution in [0.25, 0.3) is 11.4 Å². The predicted octanol–water partition coefficient (Wildman–Crippen LogP) is 3.66. The molecule has 0 aliphatic rings. The fraction of sp³-hybridized carbons (Fsp3) is 0.200. The number of nitrogens with zero attached hydrogens (tertiary/aromatic N) is 2. The summed E-state index contributed by atoms with van der Waals surface area (Å²) in [5.74, 6) is 1.23. The smallest absolute Gasteiger partial charge is 0.166 e. The van der Waals surface area contributed by atoms with E-state index in [1.54, 1.807) is 19.3 Å². The van der Waals surface area contributed by atoms with Crippen molar-refractivity contribution in [3.05, 3.63) is 34.0 Å². The molecule has 0 amide bonds. The molecule has 15 heavy (non-hydrogen) atoms. The van der Waals surface area contributed by atoms with Crippen molar-refractivity contribution in [3.63, 3.8) is 0 Å². The Balaban J connectivity index is 2.60. The van der Waals surface area contributed by atoms with Gasteiger partial charge in [0, 0.05) is 5.56 Å². The standard InChI is InChI=1S/C10H8Cl2N2O/c1-5-8(11)13-10(14-9(5)12)7-3-4-15-6(7)2/h3-4H,1-2H3. The van der Waals surface area contributed by atoms with Gasteiger partial charge in [-0.25, -0.2) is 9.97 Å². The van der Waals surface area contributed by atoms with Crippen molar-refractivity contribution in [1.82, 2.24) is 9.97 Å². The minimum absolute atomic E-state index is 0.366. The van der Waals surface area contributed by atoms with Gasteiger partial charge in [0.25, 0.3) is 0 Å². The Morgan fingerprint density at radius 2 is 1.73 bits per heavy atom. The summed E-state index contributed by atoms with van der Waals surface area (Å²) in [6.45, 7) is 3.61. The van der Waals surface area contributed by atoms with Gasteiger partial charge in [0.1, 0.15) is 16.1 Å². The molecule has 2 heterocycles. The van der Waals surface area contributed by atoms with Gasteiger partial charge in [-0.05, 0) is 19.9 Å². The fourth-order valence-corrected chi connectivity index (χ4v) is 1.59. The number of aryl methyl sites for hydroxylation is 1. The van der Waals surface area contributed by atoms with Crippen LogP contribution in [0.1, 0.15) is 11.3 Å². The van der Waals surface area contributed by atoms with E-state index in [1.807, 2.05) is 6.92 Å². The molecule has 0 saturated carbocycles. The lowest BCUT2D eigenvalue weighted by Crippen LogP contribution is -1.93. The Hall–Kier alpha value is -1.06. The Bertz CT molecular complexity index is 485. The van der Waals surface area contributed by atoms with Gasteiger partial charge in [-0.15, -0.1) is 0 Å². The topological polar surface area (TPSA) is 38.9 Å². The quantitative estimate of drug-likeness (QED) is 0.717. The van der Waals surface area contributed by atoms with Crippen LogP contribution in [0.5, 0.6) is 0 Å². The Morgan fingerprint density at radius 3 is 2.20 bits per heavy atom. The van der Waals surface area contributed by atoms with Crippen LogP contribution in [0, 0.1) is 13.8 Å². The average molecular weight is 243 g/mol. The van der Waals surface area contributed by atoms with Crippen LogP contribution < -0.4 is 0 Å². The van der Waals surface area contributed by atoms with Gasteiger partial charge >= 0.3 is 0 Å². The average Bonchev–Trinajstić information content (AvgIpc) is 2.60. The lowest BCUT2D eigenvalue weighted by atomic mass is 10.2. The molecule has 3 nitrogen and oxygen atoms in total. The first kappa shape index (κ1) is 10.5. The summed E-state index contributed by atoms with van der Waals surface area (Å²) in [4.78, 5) is 8.29. The van der Waals surface area contributed by atoms with Gasteiger partial charge in [-0.3, -0.25) is 0 Å². The third-order valence-electron chi connectivity index (χ3n) is 2.13. The van der Waals surface area contributed by atoms with Gasteiger partial charge in [0.2, 0.25) is 0 Å². The van der Waals surface area contributed by atoms with Crippen molar-refractivity contribution in [1.29, 1.82) is 0 Å². The maximum Gasteiger partial charge on any atom is 0.166 e. The molecule has 0 spiro atoms. The summed E-state index contributed by atoms with van der Waals surface area (Å²) in [6.07, 6.45) is 1.58. The molecule has 0 atom stereocenters. The molecule has 0 saturated heterocycles. The highest BCUT2D eigenvalue weighted by Crippen LogP contribution is 2.26. The summed E-state index contributed by atoms with van der Waals surface area (Å²) >= 11 is 11.8. The molecular weight excluding hydrogens is 235 g/mol. The number of aromatic nitrogens is 2. The molecule has 0 fully saturated rings. The molecule has 5 heteroatoms. The molecule has 0 unspecified atom stereocenters. The monoisotopic (exact) mass is 242 g/mol. The molecule has 2 rings (SSSR count). The lowest BCUT2D eigenvalue weighted by Gasteiger charge is -2.03. The largest absolute Gasteiger partial charge is 0.469 e. The van der Waals surface area contributed by atoms with Crippen LogP contribution in [0.4, 0.5) is 0 Å². The molecular formula is C10H8Cl2N2O. The third-order valence-corrected chi connectivity index (χ3v) is 2.86. The summed E-state index contributed by atoms with van der Waals surface area (Å²) in [7, 11) is 0. The van der Waals surface area contributed by atoms with Crippen LogP contribution in [-0.4, -0.2) is 9.97 Å². The van der Waals surface area contributed by atoms with Gasteiger partial charge < -0.3 is 4.42 Å². The number of halogens is 2. The van der Waals surface area contributed by atoms with Crippen molar-refractivity contribution in [3.8, 4) is 11.4 Å². The van der Waals surface area contributed by atoms with E-state index in [0.29, 0.717) is 21.7 Å². The second kappa shape index (κ2) is 3.83. The summed E-state index contributed by atoms with van der Waals surface area (Å²) in [6, 6.07) is 1.78. The van der Waals surface area contributed by atoms with Gasteiger partial charge in [0.15, 0.2) is 5.82 Å². The maximum atomic E-state index is 5.92. The zero-order valence-corrected chi connectivity index (χ0v) is 9.73. The van der Waals surface area contributed by atoms with E-state index in [0.717, 1.165) is 11.3 Å². The van der Waals surface area contributed by atoms with Gasteiger partial charge in [-0.1, -0.05) is 23.2 Å². The summed E-state index contributed by atoms with van der Waals surface area (Å²) in [5, 5.41) is 0.733. The second-order valence-corrected chi connectivity index (χ2v) is 3.86.